The van der Waals surface area contributed by atoms with Gasteiger partial charge in [-0.2, -0.15) is 0 Å². The van der Waals surface area contributed by atoms with Crippen LogP contribution in [-0.4, -0.2) is 58.3 Å². The predicted molar refractivity (Wildman–Crippen MR) is 82.3 cm³/mol. The Kier molecular flexibility index (Phi) is 6.26. The maximum absolute atomic E-state index is 11.1. The molecule has 2 rings (SSSR count). The molecule has 1 atom stereocenters. The molecule has 2 fully saturated rings. The van der Waals surface area contributed by atoms with Crippen molar-refractivity contribution in [3.63, 3.8) is 0 Å². The molecule has 0 unspecified atom stereocenters. The Morgan fingerprint density at radius 2 is 1.95 bits per heavy atom. The van der Waals surface area contributed by atoms with Crippen molar-refractivity contribution < 1.29 is 8.42 Å². The summed E-state index contributed by atoms with van der Waals surface area (Å²) in [6, 6.07) is 0.563. The number of nitrogens with one attached hydrogen (secondary N) is 2. The summed E-state index contributed by atoms with van der Waals surface area (Å²) in [5.74, 6) is 0.819. The van der Waals surface area contributed by atoms with Gasteiger partial charge in [0.25, 0.3) is 0 Å². The minimum absolute atomic E-state index is 0.563. The molecule has 2 saturated heterocycles. The molecule has 2 aliphatic heterocycles. The molecule has 0 aromatic heterocycles. The lowest BCUT2D eigenvalue weighted by Gasteiger charge is -2.39. The van der Waals surface area contributed by atoms with Gasteiger partial charge in [0.2, 0.25) is 10.0 Å². The van der Waals surface area contributed by atoms with Gasteiger partial charge in [-0.05, 0) is 57.7 Å². The zero-order valence-corrected chi connectivity index (χ0v) is 13.4. The van der Waals surface area contributed by atoms with Crippen molar-refractivity contribution in [2.24, 2.45) is 5.92 Å². The monoisotopic (exact) mass is 303 g/mol. The van der Waals surface area contributed by atoms with E-state index in [4.69, 9.17) is 0 Å². The summed E-state index contributed by atoms with van der Waals surface area (Å²) in [6.07, 6.45) is 8.54. The van der Waals surface area contributed by atoms with Gasteiger partial charge in [-0.1, -0.05) is 6.42 Å². The van der Waals surface area contributed by atoms with Crippen LogP contribution in [0.3, 0.4) is 0 Å². The smallest absolute Gasteiger partial charge is 0.208 e. The van der Waals surface area contributed by atoms with Gasteiger partial charge in [-0.25, -0.2) is 13.1 Å². The topological polar surface area (TPSA) is 61.4 Å². The van der Waals surface area contributed by atoms with Crippen LogP contribution in [-0.2, 0) is 10.0 Å². The number of hydrogen-bond donors (Lipinski definition) is 2. The maximum atomic E-state index is 11.1. The first-order chi connectivity index (χ1) is 9.54. The molecular formula is C14H29N3O2S. The Bertz CT molecular complexity index is 380. The van der Waals surface area contributed by atoms with Crippen molar-refractivity contribution in [3.05, 3.63) is 0 Å². The quantitative estimate of drug-likeness (QED) is 0.761. The molecule has 2 heterocycles. The van der Waals surface area contributed by atoms with Crippen molar-refractivity contribution in [1.29, 1.82) is 0 Å². The first kappa shape index (κ1) is 16.2. The highest BCUT2D eigenvalue weighted by Gasteiger charge is 2.25. The minimum Gasteiger partial charge on any atom is -0.317 e. The Morgan fingerprint density at radius 3 is 2.65 bits per heavy atom. The second-order valence-corrected chi connectivity index (χ2v) is 8.13. The predicted octanol–water partition coefficient (Wildman–Crippen LogP) is 0.780. The second-order valence-electron chi connectivity index (χ2n) is 6.29. The number of sulfonamides is 1. The van der Waals surface area contributed by atoms with Gasteiger partial charge < -0.3 is 10.2 Å². The van der Waals surface area contributed by atoms with Crippen LogP contribution in [0.25, 0.3) is 0 Å². The third kappa shape index (κ3) is 5.68. The average Bonchev–Trinajstić information content (AvgIpc) is 2.40. The van der Waals surface area contributed by atoms with E-state index in [0.717, 1.165) is 25.4 Å². The highest BCUT2D eigenvalue weighted by Crippen LogP contribution is 2.23. The van der Waals surface area contributed by atoms with Gasteiger partial charge in [0.15, 0.2) is 0 Å². The zero-order chi connectivity index (χ0) is 14.4. The molecule has 20 heavy (non-hydrogen) atoms. The van der Waals surface area contributed by atoms with Gasteiger partial charge in [-0.3, -0.25) is 0 Å². The summed E-state index contributed by atoms with van der Waals surface area (Å²) in [5.41, 5.74) is 0. The molecule has 6 heteroatoms. The number of rotatable bonds is 6. The van der Waals surface area contributed by atoms with E-state index in [1.807, 2.05) is 0 Å². The molecule has 5 nitrogen and oxygen atoms in total. The van der Waals surface area contributed by atoms with Gasteiger partial charge >= 0.3 is 0 Å². The fourth-order valence-electron chi connectivity index (χ4n) is 3.43. The Labute approximate surface area is 123 Å². The molecule has 0 spiro atoms. The largest absolute Gasteiger partial charge is 0.317 e. The van der Waals surface area contributed by atoms with Crippen LogP contribution < -0.4 is 10.0 Å². The van der Waals surface area contributed by atoms with E-state index < -0.39 is 10.0 Å². The molecular weight excluding hydrogens is 274 g/mol. The number of nitrogens with zero attached hydrogens (tertiary/aromatic N) is 1. The third-order valence-electron chi connectivity index (χ3n) is 4.54. The van der Waals surface area contributed by atoms with Crippen LogP contribution in [0.15, 0.2) is 0 Å². The first-order valence-corrected chi connectivity index (χ1v) is 9.83. The molecule has 118 valence electrons. The number of piperidine rings is 2. The highest BCUT2D eigenvalue weighted by molar-refractivity contribution is 7.88. The summed E-state index contributed by atoms with van der Waals surface area (Å²) >= 11 is 0. The van der Waals surface area contributed by atoms with Gasteiger partial charge in [0, 0.05) is 19.1 Å². The molecule has 0 amide bonds. The summed E-state index contributed by atoms with van der Waals surface area (Å²) in [5, 5.41) is 3.42. The molecule has 2 aliphatic rings. The maximum Gasteiger partial charge on any atom is 0.208 e. The standard InChI is InChI=1S/C14H29N3O2S/c1-20(18,19)16-10-7-14-4-2-3-11-17(14)12-13-5-8-15-9-6-13/h13-16H,2-12H2,1H3/t14-/m0/s1. The van der Waals surface area contributed by atoms with Crippen molar-refractivity contribution in [2.75, 3.05) is 39.0 Å². The summed E-state index contributed by atoms with van der Waals surface area (Å²) in [7, 11) is -3.05. The Hall–Kier alpha value is -0.170. The van der Waals surface area contributed by atoms with E-state index in [1.165, 1.54) is 51.4 Å². The van der Waals surface area contributed by atoms with Crippen LogP contribution in [0.1, 0.15) is 38.5 Å². The van der Waals surface area contributed by atoms with Crippen molar-refractivity contribution in [2.45, 2.75) is 44.6 Å². The molecule has 0 aromatic rings. The normalized spacial score (nSPS) is 26.8. The van der Waals surface area contributed by atoms with Gasteiger partial charge in [-0.15, -0.1) is 0 Å². The van der Waals surface area contributed by atoms with Crippen LogP contribution in [0.5, 0.6) is 0 Å². The van der Waals surface area contributed by atoms with Crippen molar-refractivity contribution >= 4 is 10.0 Å². The molecule has 0 aromatic carbocycles. The minimum atomic E-state index is -3.05. The fourth-order valence-corrected chi connectivity index (χ4v) is 3.92. The number of likely N-dealkylation sites (tertiary alicyclic amines) is 1. The van der Waals surface area contributed by atoms with Gasteiger partial charge in [0.1, 0.15) is 0 Å². The molecule has 0 aliphatic carbocycles. The first-order valence-electron chi connectivity index (χ1n) is 7.94. The van der Waals surface area contributed by atoms with E-state index in [-0.39, 0.29) is 0 Å². The van der Waals surface area contributed by atoms with E-state index in [0.29, 0.717) is 12.6 Å². The summed E-state index contributed by atoms with van der Waals surface area (Å²) in [4.78, 5) is 2.61. The third-order valence-corrected chi connectivity index (χ3v) is 5.27. The van der Waals surface area contributed by atoms with Crippen LogP contribution in [0.2, 0.25) is 0 Å². The SMILES string of the molecule is CS(=O)(=O)NCC[C@@H]1CCCCN1CC1CCNCC1. The molecule has 0 saturated carbocycles. The van der Waals surface area contributed by atoms with E-state index in [9.17, 15) is 8.42 Å². The lowest BCUT2D eigenvalue weighted by Crippen LogP contribution is -2.45. The Morgan fingerprint density at radius 1 is 1.20 bits per heavy atom. The molecule has 0 radical (unpaired) electrons. The average molecular weight is 303 g/mol. The van der Waals surface area contributed by atoms with E-state index in [1.54, 1.807) is 0 Å². The van der Waals surface area contributed by atoms with Crippen LogP contribution in [0, 0.1) is 5.92 Å². The lowest BCUT2D eigenvalue weighted by atomic mass is 9.93. The molecule has 0 bridgehead atoms. The lowest BCUT2D eigenvalue weighted by molar-refractivity contribution is 0.110. The fraction of sp³-hybridized carbons (Fsp3) is 1.00. The Balaban J connectivity index is 1.78. The van der Waals surface area contributed by atoms with Crippen molar-refractivity contribution in [1.82, 2.24) is 14.9 Å². The highest BCUT2D eigenvalue weighted by atomic mass is 32.2. The summed E-state index contributed by atoms with van der Waals surface area (Å²) < 4.78 is 24.9. The summed E-state index contributed by atoms with van der Waals surface area (Å²) in [6.45, 7) is 5.27. The zero-order valence-electron chi connectivity index (χ0n) is 12.6. The van der Waals surface area contributed by atoms with E-state index >= 15 is 0 Å². The van der Waals surface area contributed by atoms with E-state index in [2.05, 4.69) is 14.9 Å². The van der Waals surface area contributed by atoms with Crippen LogP contribution >= 0.6 is 0 Å². The van der Waals surface area contributed by atoms with Crippen LogP contribution in [0.4, 0.5) is 0 Å². The number of hydrogen-bond acceptors (Lipinski definition) is 4. The molecule has 2 N–H and O–H groups in total. The second kappa shape index (κ2) is 7.73. The van der Waals surface area contributed by atoms with Crippen molar-refractivity contribution in [3.8, 4) is 0 Å². The van der Waals surface area contributed by atoms with Gasteiger partial charge in [0.05, 0.1) is 6.26 Å².